The van der Waals surface area contributed by atoms with E-state index in [-0.39, 0.29) is 46.7 Å². The summed E-state index contributed by atoms with van der Waals surface area (Å²) in [5.41, 5.74) is 18.8. The van der Waals surface area contributed by atoms with E-state index in [0.29, 0.717) is 74.4 Å². The Morgan fingerprint density at radius 2 is 1.49 bits per heavy atom. The summed E-state index contributed by atoms with van der Waals surface area (Å²) in [6.07, 6.45) is 10.3. The lowest BCUT2D eigenvalue weighted by atomic mass is 9.42. The molecule has 10 heteroatoms. The van der Waals surface area contributed by atoms with Crippen LogP contribution in [0.3, 0.4) is 0 Å². The summed E-state index contributed by atoms with van der Waals surface area (Å²) in [7, 11) is 2.21. The predicted octanol–water partition coefficient (Wildman–Crippen LogP) is 3.91. The Balaban J connectivity index is 1.39. The second kappa shape index (κ2) is 17.5. The molecule has 0 aliphatic heterocycles. The highest BCUT2D eigenvalue weighted by Crippen LogP contribution is 2.68. The number of nitrogens with one attached hydrogen (secondary N) is 3. The lowest BCUT2D eigenvalue weighted by molar-refractivity contribution is -0.153. The van der Waals surface area contributed by atoms with E-state index in [0.717, 1.165) is 70.9 Å². The Morgan fingerprint density at radius 3 is 2.16 bits per heavy atom. The van der Waals surface area contributed by atoms with Crippen molar-refractivity contribution in [3.8, 4) is 0 Å². The number of hydrogen-bond acceptors (Lipinski definition) is 7. The first kappa shape index (κ1) is 39.7. The number of fused-ring (bicyclic) bond motifs is 5. The summed E-state index contributed by atoms with van der Waals surface area (Å²) < 4.78 is 0. The maximum absolute atomic E-state index is 13.4. The third-order valence-electron chi connectivity index (χ3n) is 14.3. The Kier molecular flexibility index (Phi) is 13.6. The van der Waals surface area contributed by atoms with Crippen LogP contribution >= 0.6 is 0 Å². The maximum atomic E-state index is 13.4. The molecule has 0 unspecified atom stereocenters. The van der Waals surface area contributed by atoms with Crippen molar-refractivity contribution in [1.82, 2.24) is 20.9 Å². The maximum Gasteiger partial charge on any atom is 0.221 e. The fraction of sp³-hybridized carbons (Fsp3) is 0.780. The average molecular weight is 708 g/mol. The molecule has 4 saturated carbocycles. The lowest BCUT2D eigenvalue weighted by Gasteiger charge is -2.65. The Morgan fingerprint density at radius 1 is 0.843 bits per heavy atom. The van der Waals surface area contributed by atoms with Crippen LogP contribution in [0.4, 0.5) is 0 Å². The van der Waals surface area contributed by atoms with E-state index in [4.69, 9.17) is 17.2 Å². The first-order valence-electron chi connectivity index (χ1n) is 20.1. The summed E-state index contributed by atoms with van der Waals surface area (Å²) in [4.78, 5) is 41.7. The van der Waals surface area contributed by atoms with Gasteiger partial charge in [0.1, 0.15) is 0 Å². The van der Waals surface area contributed by atoms with Crippen LogP contribution in [0.25, 0.3) is 0 Å². The monoisotopic (exact) mass is 708 g/mol. The van der Waals surface area contributed by atoms with Crippen LogP contribution in [-0.4, -0.2) is 74.0 Å². The third kappa shape index (κ3) is 8.82. The van der Waals surface area contributed by atoms with Gasteiger partial charge in [-0.2, -0.15) is 0 Å². The highest BCUT2D eigenvalue weighted by molar-refractivity contribution is 5.77. The summed E-state index contributed by atoms with van der Waals surface area (Å²) in [5.74, 6) is 2.53. The minimum Gasteiger partial charge on any atom is -0.353 e. The largest absolute Gasteiger partial charge is 0.353 e. The summed E-state index contributed by atoms with van der Waals surface area (Å²) in [6, 6.07) is 10.9. The van der Waals surface area contributed by atoms with Gasteiger partial charge in [0, 0.05) is 63.6 Å². The Bertz CT molecular complexity index is 1310. The first-order valence-corrected chi connectivity index (χ1v) is 20.1. The molecule has 4 aliphatic rings. The predicted molar refractivity (Wildman–Crippen MR) is 204 cm³/mol. The fourth-order valence-electron chi connectivity index (χ4n) is 11.8. The van der Waals surface area contributed by atoms with Gasteiger partial charge >= 0.3 is 0 Å². The molecule has 4 aliphatic carbocycles. The second-order valence-corrected chi connectivity index (χ2v) is 17.3. The van der Waals surface area contributed by atoms with Crippen LogP contribution < -0.4 is 33.2 Å². The van der Waals surface area contributed by atoms with Gasteiger partial charge < -0.3 is 38.1 Å². The second-order valence-electron chi connectivity index (χ2n) is 17.3. The summed E-state index contributed by atoms with van der Waals surface area (Å²) in [6.45, 7) is 10.4. The van der Waals surface area contributed by atoms with Crippen molar-refractivity contribution in [3.63, 3.8) is 0 Å². The van der Waals surface area contributed by atoms with Crippen molar-refractivity contribution in [3.05, 3.63) is 35.9 Å². The zero-order chi connectivity index (χ0) is 36.8. The number of nitrogens with two attached hydrogens (primary N) is 3. The van der Waals surface area contributed by atoms with E-state index in [1.165, 1.54) is 5.56 Å². The highest BCUT2D eigenvalue weighted by Gasteiger charge is 2.66. The molecule has 51 heavy (non-hydrogen) atoms. The minimum atomic E-state index is -0.0891. The van der Waals surface area contributed by atoms with Crippen molar-refractivity contribution in [1.29, 1.82) is 0 Å². The van der Waals surface area contributed by atoms with E-state index in [2.05, 4.69) is 79.0 Å². The molecule has 0 spiro atoms. The third-order valence-corrected chi connectivity index (χ3v) is 14.3. The van der Waals surface area contributed by atoms with Crippen LogP contribution in [0.5, 0.6) is 0 Å². The molecule has 9 N–H and O–H groups in total. The average Bonchev–Trinajstić information content (AvgIpc) is 3.44. The molecule has 0 aromatic heterocycles. The Labute approximate surface area is 307 Å². The SMILES string of the molecule is C[C@H](CCCN(C)Cc1ccccc1)[C@H]1CC[C@H]2[C@@H]3[C@H](NC(=O)CCN)C[C@@H]4C[C@H](NC(=O)CCN)CC[C@]4(C)[C@H]3C[C@H](NC(=O)CCN)[C@]12C. The molecule has 286 valence electrons. The van der Waals surface area contributed by atoms with Gasteiger partial charge in [0.25, 0.3) is 0 Å². The van der Waals surface area contributed by atoms with Crippen LogP contribution in [0.1, 0.15) is 103 Å². The topological polar surface area (TPSA) is 169 Å². The molecule has 1 aromatic rings. The standard InChI is InChI=1S/C41H69N7O3/c1-27(9-8-22-48(4)26-28-10-6-5-7-11-28)31-12-13-32-39-33(25-35(41(31,32)3)47-38(51)17-21-44)40(2)18-14-30(45-36(49)15-19-42)23-29(40)24-34(39)46-37(50)16-20-43/h5-7,10-11,27,29-35,39H,8-9,12-26,42-44H2,1-4H3,(H,45,49)(H,46,50)(H,47,51)/t27-,29+,30-,31-,32+,33+,34-,35+,39+,40+,41-/m1/s1. The smallest absolute Gasteiger partial charge is 0.221 e. The fourth-order valence-corrected chi connectivity index (χ4v) is 11.8. The molecule has 5 rings (SSSR count). The number of amides is 3. The highest BCUT2D eigenvalue weighted by atomic mass is 16.2. The Hall–Kier alpha value is -2.53. The molecular formula is C41H69N7O3. The van der Waals surface area contributed by atoms with Gasteiger partial charge in [0.15, 0.2) is 0 Å². The van der Waals surface area contributed by atoms with Gasteiger partial charge in [0.2, 0.25) is 17.7 Å². The normalized spacial score (nSPS) is 34.9. The van der Waals surface area contributed by atoms with Gasteiger partial charge in [-0.15, -0.1) is 0 Å². The summed E-state index contributed by atoms with van der Waals surface area (Å²) >= 11 is 0. The molecular weight excluding hydrogens is 638 g/mol. The number of carbonyl (C=O) groups excluding carboxylic acids is 3. The van der Waals surface area contributed by atoms with Crippen molar-refractivity contribution in [2.75, 3.05) is 33.2 Å². The van der Waals surface area contributed by atoms with Crippen molar-refractivity contribution < 1.29 is 14.4 Å². The van der Waals surface area contributed by atoms with Crippen LogP contribution in [0.2, 0.25) is 0 Å². The van der Waals surface area contributed by atoms with E-state index in [1.807, 2.05) is 0 Å². The molecule has 1 aromatic carbocycles. The van der Waals surface area contributed by atoms with Crippen molar-refractivity contribution >= 4 is 17.7 Å². The molecule has 0 bridgehead atoms. The molecule has 10 nitrogen and oxygen atoms in total. The molecule has 0 saturated heterocycles. The van der Waals surface area contributed by atoms with Gasteiger partial charge in [-0.25, -0.2) is 0 Å². The number of rotatable bonds is 16. The number of carbonyl (C=O) groups is 3. The van der Waals surface area contributed by atoms with Gasteiger partial charge in [-0.05, 0) is 123 Å². The van der Waals surface area contributed by atoms with E-state index in [1.54, 1.807) is 0 Å². The van der Waals surface area contributed by atoms with Crippen molar-refractivity contribution in [2.45, 2.75) is 122 Å². The van der Waals surface area contributed by atoms with E-state index >= 15 is 0 Å². The van der Waals surface area contributed by atoms with Gasteiger partial charge in [0.05, 0.1) is 0 Å². The first-order chi connectivity index (χ1) is 24.4. The number of nitrogens with zero attached hydrogens (tertiary/aromatic N) is 1. The lowest BCUT2D eigenvalue weighted by Crippen LogP contribution is -2.67. The van der Waals surface area contributed by atoms with E-state index in [9.17, 15) is 14.4 Å². The molecule has 0 radical (unpaired) electrons. The zero-order valence-corrected chi connectivity index (χ0v) is 32.0. The zero-order valence-electron chi connectivity index (χ0n) is 32.0. The molecule has 4 fully saturated rings. The van der Waals surface area contributed by atoms with Gasteiger partial charge in [-0.1, -0.05) is 51.1 Å². The molecule has 3 amide bonds. The van der Waals surface area contributed by atoms with Gasteiger partial charge in [-0.3, -0.25) is 14.4 Å². The van der Waals surface area contributed by atoms with Crippen LogP contribution in [-0.2, 0) is 20.9 Å². The van der Waals surface area contributed by atoms with Crippen molar-refractivity contribution in [2.24, 2.45) is 63.5 Å². The van der Waals surface area contributed by atoms with Crippen LogP contribution in [0, 0.1) is 46.3 Å². The molecule has 0 heterocycles. The molecule has 11 atom stereocenters. The van der Waals surface area contributed by atoms with E-state index < -0.39 is 0 Å². The number of hydrogen-bond donors (Lipinski definition) is 6. The summed E-state index contributed by atoms with van der Waals surface area (Å²) in [5, 5.41) is 10.4. The minimum absolute atomic E-state index is 0.0256. The van der Waals surface area contributed by atoms with Crippen LogP contribution in [0.15, 0.2) is 30.3 Å². The number of benzene rings is 1. The quantitative estimate of drug-likeness (QED) is 0.151.